The lowest BCUT2D eigenvalue weighted by molar-refractivity contribution is 0.0594. The second kappa shape index (κ2) is 5.63. The fourth-order valence-electron chi connectivity index (χ4n) is 2.04. The van der Waals surface area contributed by atoms with E-state index >= 15 is 0 Å². The van der Waals surface area contributed by atoms with Gasteiger partial charge in [-0.05, 0) is 23.3 Å². The molecule has 0 aliphatic carbocycles. The van der Waals surface area contributed by atoms with Crippen LogP contribution in [0.5, 0.6) is 0 Å². The van der Waals surface area contributed by atoms with Gasteiger partial charge in [0.25, 0.3) is 0 Å². The first-order valence-corrected chi connectivity index (χ1v) is 6.47. The van der Waals surface area contributed by atoms with Crippen molar-refractivity contribution in [1.82, 2.24) is 4.98 Å². The van der Waals surface area contributed by atoms with Crippen molar-refractivity contribution in [3.05, 3.63) is 66.6 Å². The molecule has 0 unspecified atom stereocenters. The van der Waals surface area contributed by atoms with Crippen LogP contribution in [-0.2, 0) is 4.74 Å². The predicted octanol–water partition coefficient (Wildman–Crippen LogP) is 3.80. The van der Waals surface area contributed by atoms with Gasteiger partial charge in [0.2, 0.25) is 5.89 Å². The van der Waals surface area contributed by atoms with Crippen molar-refractivity contribution in [2.75, 3.05) is 7.11 Å². The zero-order valence-corrected chi connectivity index (χ0v) is 11.4. The normalized spacial score (nSPS) is 10.3. The van der Waals surface area contributed by atoms with Gasteiger partial charge in [-0.2, -0.15) is 0 Å². The maximum Gasteiger partial charge on any atom is 0.360 e. The zero-order valence-electron chi connectivity index (χ0n) is 11.4. The van der Waals surface area contributed by atoms with Crippen molar-refractivity contribution in [3.8, 4) is 22.6 Å². The van der Waals surface area contributed by atoms with E-state index in [0.717, 1.165) is 16.7 Å². The average molecular weight is 279 g/mol. The van der Waals surface area contributed by atoms with Gasteiger partial charge in [-0.25, -0.2) is 9.78 Å². The molecule has 3 aromatic rings. The van der Waals surface area contributed by atoms with Crippen LogP contribution in [0.15, 0.2) is 65.3 Å². The van der Waals surface area contributed by atoms with Gasteiger partial charge in [0.1, 0.15) is 6.26 Å². The number of nitrogens with zero attached hydrogens (tertiary/aromatic N) is 1. The molecule has 0 amide bonds. The number of esters is 1. The molecule has 0 radical (unpaired) electrons. The molecule has 1 aromatic heterocycles. The highest BCUT2D eigenvalue weighted by molar-refractivity contribution is 5.87. The van der Waals surface area contributed by atoms with Crippen LogP contribution in [0.2, 0.25) is 0 Å². The molecule has 0 spiro atoms. The van der Waals surface area contributed by atoms with Gasteiger partial charge in [0.05, 0.1) is 7.11 Å². The van der Waals surface area contributed by atoms with E-state index in [2.05, 4.69) is 21.9 Å². The van der Waals surface area contributed by atoms with Gasteiger partial charge in [0, 0.05) is 5.56 Å². The van der Waals surface area contributed by atoms with Crippen LogP contribution in [-0.4, -0.2) is 18.1 Å². The van der Waals surface area contributed by atoms with E-state index in [0.29, 0.717) is 5.89 Å². The summed E-state index contributed by atoms with van der Waals surface area (Å²) in [7, 11) is 1.31. The minimum atomic E-state index is -0.508. The standard InChI is InChI=1S/C17H13NO3/c1-20-17(19)15-11-21-16(18-15)14-9-7-13(8-10-14)12-5-3-2-4-6-12/h2-11H,1H3. The quantitative estimate of drug-likeness (QED) is 0.684. The second-order valence-corrected chi connectivity index (χ2v) is 4.47. The monoisotopic (exact) mass is 279 g/mol. The molecule has 2 aromatic carbocycles. The predicted molar refractivity (Wildman–Crippen MR) is 78.7 cm³/mol. The first-order chi connectivity index (χ1) is 10.3. The number of hydrogen-bond donors (Lipinski definition) is 0. The number of rotatable bonds is 3. The second-order valence-electron chi connectivity index (χ2n) is 4.47. The fourth-order valence-corrected chi connectivity index (χ4v) is 2.04. The van der Waals surface area contributed by atoms with Crippen LogP contribution in [0, 0.1) is 0 Å². The number of methoxy groups -OCH3 is 1. The molecule has 21 heavy (non-hydrogen) atoms. The van der Waals surface area contributed by atoms with Gasteiger partial charge in [-0.15, -0.1) is 0 Å². The van der Waals surface area contributed by atoms with Crippen LogP contribution in [0.4, 0.5) is 0 Å². The Morgan fingerprint density at radius 3 is 2.24 bits per heavy atom. The number of carbonyl (C=O) groups excluding carboxylic acids is 1. The third kappa shape index (κ3) is 2.69. The number of hydrogen-bond acceptors (Lipinski definition) is 4. The molecule has 0 aliphatic heterocycles. The molecule has 4 nitrogen and oxygen atoms in total. The zero-order chi connectivity index (χ0) is 14.7. The summed E-state index contributed by atoms with van der Waals surface area (Å²) >= 11 is 0. The molecule has 0 atom stereocenters. The first kappa shape index (κ1) is 13.1. The smallest absolute Gasteiger partial charge is 0.360 e. The summed E-state index contributed by atoms with van der Waals surface area (Å²) in [4.78, 5) is 15.5. The van der Waals surface area contributed by atoms with E-state index in [1.54, 1.807) is 0 Å². The van der Waals surface area contributed by atoms with E-state index in [1.807, 2.05) is 42.5 Å². The Kier molecular flexibility index (Phi) is 3.51. The topological polar surface area (TPSA) is 52.3 Å². The van der Waals surface area contributed by atoms with E-state index in [9.17, 15) is 4.79 Å². The lowest BCUT2D eigenvalue weighted by Gasteiger charge is -2.02. The van der Waals surface area contributed by atoms with Gasteiger partial charge >= 0.3 is 5.97 Å². The summed E-state index contributed by atoms with van der Waals surface area (Å²) < 4.78 is 9.91. The SMILES string of the molecule is COC(=O)c1coc(-c2ccc(-c3ccccc3)cc2)n1. The minimum absolute atomic E-state index is 0.166. The summed E-state index contributed by atoms with van der Waals surface area (Å²) in [5, 5.41) is 0. The van der Waals surface area contributed by atoms with E-state index in [1.165, 1.54) is 13.4 Å². The maximum atomic E-state index is 11.4. The molecular formula is C17H13NO3. The van der Waals surface area contributed by atoms with Crippen molar-refractivity contribution < 1.29 is 13.9 Å². The summed E-state index contributed by atoms with van der Waals surface area (Å²) in [6.07, 6.45) is 1.30. The Morgan fingerprint density at radius 1 is 0.952 bits per heavy atom. The maximum absolute atomic E-state index is 11.4. The first-order valence-electron chi connectivity index (χ1n) is 6.47. The third-order valence-electron chi connectivity index (χ3n) is 3.14. The summed E-state index contributed by atoms with van der Waals surface area (Å²) in [5.74, 6) is -0.110. The Hall–Kier alpha value is -2.88. The lowest BCUT2D eigenvalue weighted by Crippen LogP contribution is -2.00. The molecule has 104 valence electrons. The van der Waals surface area contributed by atoms with E-state index in [4.69, 9.17) is 4.42 Å². The van der Waals surface area contributed by atoms with Crippen LogP contribution in [0.3, 0.4) is 0 Å². The van der Waals surface area contributed by atoms with Gasteiger partial charge in [-0.1, -0.05) is 42.5 Å². The summed E-state index contributed by atoms with van der Waals surface area (Å²) in [6, 6.07) is 17.9. The highest BCUT2D eigenvalue weighted by Crippen LogP contribution is 2.24. The fraction of sp³-hybridized carbons (Fsp3) is 0.0588. The van der Waals surface area contributed by atoms with Gasteiger partial charge in [-0.3, -0.25) is 0 Å². The minimum Gasteiger partial charge on any atom is -0.464 e. The van der Waals surface area contributed by atoms with E-state index < -0.39 is 5.97 Å². The van der Waals surface area contributed by atoms with Crippen LogP contribution < -0.4 is 0 Å². The highest BCUT2D eigenvalue weighted by Gasteiger charge is 2.13. The molecule has 3 rings (SSSR count). The summed E-state index contributed by atoms with van der Waals surface area (Å²) in [5.41, 5.74) is 3.23. The van der Waals surface area contributed by atoms with Crippen LogP contribution >= 0.6 is 0 Å². The molecule has 0 saturated heterocycles. The number of oxazole rings is 1. The van der Waals surface area contributed by atoms with E-state index in [-0.39, 0.29) is 5.69 Å². The van der Waals surface area contributed by atoms with Crippen molar-refractivity contribution in [3.63, 3.8) is 0 Å². The molecule has 0 saturated carbocycles. The van der Waals surface area contributed by atoms with Crippen LogP contribution in [0.25, 0.3) is 22.6 Å². The lowest BCUT2D eigenvalue weighted by atomic mass is 10.0. The molecule has 0 N–H and O–H groups in total. The number of aromatic nitrogens is 1. The molecule has 1 heterocycles. The Balaban J connectivity index is 1.87. The molecular weight excluding hydrogens is 266 g/mol. The summed E-state index contributed by atoms with van der Waals surface area (Å²) in [6.45, 7) is 0. The number of ether oxygens (including phenoxy) is 1. The third-order valence-corrected chi connectivity index (χ3v) is 3.14. The average Bonchev–Trinajstić information content (AvgIpc) is 3.05. The van der Waals surface area contributed by atoms with Crippen molar-refractivity contribution in [2.45, 2.75) is 0 Å². The number of benzene rings is 2. The van der Waals surface area contributed by atoms with Gasteiger partial charge < -0.3 is 9.15 Å². The Morgan fingerprint density at radius 2 is 1.57 bits per heavy atom. The molecule has 4 heteroatoms. The molecule has 0 fully saturated rings. The molecule has 0 bridgehead atoms. The Labute approximate surface area is 122 Å². The van der Waals surface area contributed by atoms with Crippen molar-refractivity contribution >= 4 is 5.97 Å². The van der Waals surface area contributed by atoms with Crippen molar-refractivity contribution in [1.29, 1.82) is 0 Å². The Bertz CT molecular complexity index is 745. The van der Waals surface area contributed by atoms with Crippen molar-refractivity contribution in [2.24, 2.45) is 0 Å². The largest absolute Gasteiger partial charge is 0.464 e. The highest BCUT2D eigenvalue weighted by atomic mass is 16.5. The number of carbonyl (C=O) groups is 1. The van der Waals surface area contributed by atoms with Gasteiger partial charge in [0.15, 0.2) is 5.69 Å². The molecule has 0 aliphatic rings. The van der Waals surface area contributed by atoms with Crippen LogP contribution in [0.1, 0.15) is 10.5 Å².